The molecule has 1 aromatic rings. The van der Waals surface area contributed by atoms with Crippen LogP contribution in [0.15, 0.2) is 35.3 Å². The summed E-state index contributed by atoms with van der Waals surface area (Å²) in [5.41, 5.74) is 1.14. The van der Waals surface area contributed by atoms with Gasteiger partial charge in [0.05, 0.1) is 6.54 Å². The molecule has 0 aliphatic carbocycles. The van der Waals surface area contributed by atoms with Crippen LogP contribution in [0.1, 0.15) is 32.3 Å². The minimum absolute atomic E-state index is 0.0739. The summed E-state index contributed by atoms with van der Waals surface area (Å²) in [4.78, 5) is 18.3. The first kappa shape index (κ1) is 18.0. The fourth-order valence-corrected chi connectivity index (χ4v) is 2.06. The molecule has 0 heterocycles. The molecule has 5 nitrogen and oxygen atoms in total. The van der Waals surface area contributed by atoms with Crippen molar-refractivity contribution in [1.29, 1.82) is 0 Å². The average Bonchev–Trinajstić information content (AvgIpc) is 2.56. The molecule has 0 atom stereocenters. The van der Waals surface area contributed by atoms with Crippen LogP contribution in [-0.4, -0.2) is 43.4 Å². The predicted octanol–water partition coefficient (Wildman–Crippen LogP) is 2.00. The van der Waals surface area contributed by atoms with E-state index in [4.69, 9.17) is 0 Å². The smallest absolute Gasteiger partial charge is 0.242 e. The van der Waals surface area contributed by atoms with Gasteiger partial charge in [0.2, 0.25) is 5.91 Å². The molecule has 2 N–H and O–H groups in total. The summed E-state index contributed by atoms with van der Waals surface area (Å²) in [6.45, 7) is 6.59. The molecule has 0 saturated heterocycles. The van der Waals surface area contributed by atoms with Crippen LogP contribution in [-0.2, 0) is 11.3 Å². The van der Waals surface area contributed by atoms with Gasteiger partial charge in [-0.1, -0.05) is 43.7 Å². The number of benzene rings is 1. The van der Waals surface area contributed by atoms with Crippen LogP contribution in [0.3, 0.4) is 0 Å². The van der Waals surface area contributed by atoms with Crippen molar-refractivity contribution in [2.45, 2.75) is 33.2 Å². The number of hydrogen-bond acceptors (Lipinski definition) is 2. The zero-order valence-corrected chi connectivity index (χ0v) is 13.9. The Labute approximate surface area is 133 Å². The molecule has 0 unspecified atom stereocenters. The quantitative estimate of drug-likeness (QED) is 0.439. The second kappa shape index (κ2) is 10.7. The Balaban J connectivity index is 2.44. The maximum absolute atomic E-state index is 12.3. The standard InChI is InChI=1S/C17H28N4O/c1-4-6-12-19-17(18-3)20-13-16(22)21(5-2)14-15-10-8-7-9-11-15/h7-11H,4-6,12-14H2,1-3H3,(H2,18,19,20). The molecule has 0 saturated carbocycles. The monoisotopic (exact) mass is 304 g/mol. The van der Waals surface area contributed by atoms with Gasteiger partial charge in [-0.25, -0.2) is 0 Å². The van der Waals surface area contributed by atoms with Crippen molar-refractivity contribution in [3.05, 3.63) is 35.9 Å². The summed E-state index contributed by atoms with van der Waals surface area (Å²) in [5.74, 6) is 0.752. The number of nitrogens with one attached hydrogen (secondary N) is 2. The van der Waals surface area contributed by atoms with E-state index in [9.17, 15) is 4.79 Å². The summed E-state index contributed by atoms with van der Waals surface area (Å²) in [7, 11) is 1.72. The van der Waals surface area contributed by atoms with E-state index in [0.29, 0.717) is 19.0 Å². The molecule has 1 amide bonds. The van der Waals surface area contributed by atoms with E-state index in [-0.39, 0.29) is 12.5 Å². The lowest BCUT2D eigenvalue weighted by molar-refractivity contribution is -0.130. The van der Waals surface area contributed by atoms with Gasteiger partial charge in [-0.2, -0.15) is 0 Å². The van der Waals surface area contributed by atoms with Crippen LogP contribution in [0.25, 0.3) is 0 Å². The Morgan fingerprint density at radius 3 is 2.50 bits per heavy atom. The summed E-state index contributed by atoms with van der Waals surface area (Å²) in [6.07, 6.45) is 2.22. The second-order valence-electron chi connectivity index (χ2n) is 5.10. The predicted molar refractivity (Wildman–Crippen MR) is 91.8 cm³/mol. The van der Waals surface area contributed by atoms with E-state index in [1.807, 2.05) is 42.2 Å². The Kier molecular flexibility index (Phi) is 8.72. The van der Waals surface area contributed by atoms with Gasteiger partial charge in [-0.05, 0) is 18.9 Å². The first-order valence-electron chi connectivity index (χ1n) is 7.97. The number of likely N-dealkylation sites (N-methyl/N-ethyl adjacent to an activating group) is 1. The van der Waals surface area contributed by atoms with Crippen LogP contribution in [0.2, 0.25) is 0 Å². The van der Waals surface area contributed by atoms with Crippen LogP contribution < -0.4 is 10.6 Å². The SMILES string of the molecule is CCCCNC(=NC)NCC(=O)N(CC)Cc1ccccc1. The fraction of sp³-hybridized carbons (Fsp3) is 0.529. The van der Waals surface area contributed by atoms with Crippen molar-refractivity contribution < 1.29 is 4.79 Å². The topological polar surface area (TPSA) is 56.7 Å². The van der Waals surface area contributed by atoms with E-state index in [1.165, 1.54) is 0 Å². The Bertz CT molecular complexity index is 459. The minimum Gasteiger partial charge on any atom is -0.356 e. The summed E-state index contributed by atoms with van der Waals surface area (Å²) in [5, 5.41) is 6.28. The van der Waals surface area contributed by atoms with Crippen LogP contribution in [0, 0.1) is 0 Å². The van der Waals surface area contributed by atoms with Crippen molar-refractivity contribution in [3.63, 3.8) is 0 Å². The lowest BCUT2D eigenvalue weighted by atomic mass is 10.2. The number of carbonyl (C=O) groups is 1. The van der Waals surface area contributed by atoms with Crippen LogP contribution in [0.4, 0.5) is 0 Å². The molecular weight excluding hydrogens is 276 g/mol. The Morgan fingerprint density at radius 2 is 1.91 bits per heavy atom. The van der Waals surface area contributed by atoms with E-state index >= 15 is 0 Å². The lowest BCUT2D eigenvalue weighted by Gasteiger charge is -2.22. The van der Waals surface area contributed by atoms with Gasteiger partial charge in [-0.3, -0.25) is 9.79 Å². The van der Waals surface area contributed by atoms with Crippen molar-refractivity contribution in [3.8, 4) is 0 Å². The van der Waals surface area contributed by atoms with Crippen molar-refractivity contribution >= 4 is 11.9 Å². The highest BCUT2D eigenvalue weighted by molar-refractivity contribution is 5.86. The normalized spacial score (nSPS) is 11.1. The molecule has 0 fully saturated rings. The first-order valence-corrected chi connectivity index (χ1v) is 7.97. The maximum atomic E-state index is 12.3. The molecule has 1 aromatic carbocycles. The maximum Gasteiger partial charge on any atom is 0.242 e. The van der Waals surface area contributed by atoms with Gasteiger partial charge in [0.25, 0.3) is 0 Å². The molecule has 5 heteroatoms. The third kappa shape index (κ3) is 6.61. The molecular formula is C17H28N4O. The molecule has 122 valence electrons. The van der Waals surface area contributed by atoms with Gasteiger partial charge in [-0.15, -0.1) is 0 Å². The molecule has 0 bridgehead atoms. The first-order chi connectivity index (χ1) is 10.7. The van der Waals surface area contributed by atoms with E-state index < -0.39 is 0 Å². The number of guanidine groups is 1. The number of unbranched alkanes of at least 4 members (excludes halogenated alkanes) is 1. The number of hydrogen-bond donors (Lipinski definition) is 2. The van der Waals surface area contributed by atoms with Gasteiger partial charge in [0, 0.05) is 26.7 Å². The van der Waals surface area contributed by atoms with Crippen molar-refractivity contribution in [2.24, 2.45) is 4.99 Å². The molecule has 0 aliphatic heterocycles. The highest BCUT2D eigenvalue weighted by atomic mass is 16.2. The van der Waals surface area contributed by atoms with E-state index in [2.05, 4.69) is 22.5 Å². The van der Waals surface area contributed by atoms with E-state index in [0.717, 1.165) is 24.9 Å². The molecule has 1 rings (SSSR count). The largest absolute Gasteiger partial charge is 0.356 e. The fourth-order valence-electron chi connectivity index (χ4n) is 2.06. The minimum atomic E-state index is 0.0739. The summed E-state index contributed by atoms with van der Waals surface area (Å²) >= 11 is 0. The Morgan fingerprint density at radius 1 is 1.18 bits per heavy atom. The number of aliphatic imine (C=N–C) groups is 1. The highest BCUT2D eigenvalue weighted by Gasteiger charge is 2.12. The summed E-state index contributed by atoms with van der Waals surface area (Å²) < 4.78 is 0. The highest BCUT2D eigenvalue weighted by Crippen LogP contribution is 2.04. The van der Waals surface area contributed by atoms with Crippen molar-refractivity contribution in [1.82, 2.24) is 15.5 Å². The number of amides is 1. The summed E-state index contributed by atoms with van der Waals surface area (Å²) in [6, 6.07) is 10.0. The third-order valence-electron chi connectivity index (χ3n) is 3.40. The zero-order chi connectivity index (χ0) is 16.2. The number of carbonyl (C=O) groups excluding carboxylic acids is 1. The van der Waals surface area contributed by atoms with Gasteiger partial charge >= 0.3 is 0 Å². The van der Waals surface area contributed by atoms with Crippen LogP contribution in [0.5, 0.6) is 0 Å². The van der Waals surface area contributed by atoms with Crippen molar-refractivity contribution in [2.75, 3.05) is 26.7 Å². The third-order valence-corrected chi connectivity index (χ3v) is 3.40. The number of rotatable bonds is 8. The number of nitrogens with zero attached hydrogens (tertiary/aromatic N) is 2. The molecule has 0 aromatic heterocycles. The molecule has 22 heavy (non-hydrogen) atoms. The van der Waals surface area contributed by atoms with Gasteiger partial charge in [0.1, 0.15) is 0 Å². The molecule has 0 aliphatic rings. The average molecular weight is 304 g/mol. The lowest BCUT2D eigenvalue weighted by Crippen LogP contribution is -2.44. The van der Waals surface area contributed by atoms with E-state index in [1.54, 1.807) is 7.05 Å². The van der Waals surface area contributed by atoms with Crippen LogP contribution >= 0.6 is 0 Å². The van der Waals surface area contributed by atoms with Gasteiger partial charge in [0.15, 0.2) is 5.96 Å². The van der Waals surface area contributed by atoms with Gasteiger partial charge < -0.3 is 15.5 Å². The Hall–Kier alpha value is -2.04. The zero-order valence-electron chi connectivity index (χ0n) is 13.9. The molecule has 0 spiro atoms. The molecule has 0 radical (unpaired) electrons. The second-order valence-corrected chi connectivity index (χ2v) is 5.10.